The normalized spacial score (nSPS) is 10.3. The van der Waals surface area contributed by atoms with Gasteiger partial charge in [-0.25, -0.2) is 4.98 Å². The number of rotatable bonds is 5. The number of hydrogen-bond donors (Lipinski definition) is 1. The highest BCUT2D eigenvalue weighted by Gasteiger charge is 2.11. The van der Waals surface area contributed by atoms with Crippen LogP contribution in [0.25, 0.3) is 0 Å². The molecule has 0 fully saturated rings. The van der Waals surface area contributed by atoms with Gasteiger partial charge in [-0.2, -0.15) is 0 Å². The third-order valence-corrected chi connectivity index (χ3v) is 3.28. The van der Waals surface area contributed by atoms with E-state index in [-0.39, 0.29) is 5.69 Å². The maximum Gasteiger partial charge on any atom is 0.269 e. The molecule has 1 amide bonds. The molecule has 0 atom stereocenters. The van der Waals surface area contributed by atoms with Gasteiger partial charge >= 0.3 is 0 Å². The summed E-state index contributed by atoms with van der Waals surface area (Å²) in [6.07, 6.45) is 3.49. The van der Waals surface area contributed by atoms with Gasteiger partial charge in [-0.05, 0) is 29.8 Å². The van der Waals surface area contributed by atoms with Crippen LogP contribution in [0.5, 0.6) is 11.5 Å². The molecule has 0 spiro atoms. The van der Waals surface area contributed by atoms with Gasteiger partial charge in [-0.1, -0.05) is 30.3 Å². The molecule has 2 N–H and O–H groups in total. The summed E-state index contributed by atoms with van der Waals surface area (Å²) < 4.78 is 5.74. The molecule has 0 aliphatic heterocycles. The number of nitrogens with two attached hydrogens (primary N) is 1. The summed E-state index contributed by atoms with van der Waals surface area (Å²) in [5.74, 6) is 0.955. The minimum absolute atomic E-state index is 0.206. The van der Waals surface area contributed by atoms with Gasteiger partial charge in [0.1, 0.15) is 17.2 Å². The fourth-order valence-electron chi connectivity index (χ4n) is 2.20. The van der Waals surface area contributed by atoms with Crippen molar-refractivity contribution in [2.24, 2.45) is 5.73 Å². The van der Waals surface area contributed by atoms with Gasteiger partial charge in [-0.3, -0.25) is 9.78 Å². The van der Waals surface area contributed by atoms with Crippen molar-refractivity contribution in [3.63, 3.8) is 0 Å². The van der Waals surface area contributed by atoms with E-state index >= 15 is 0 Å². The van der Waals surface area contributed by atoms with Gasteiger partial charge in [0.15, 0.2) is 0 Å². The van der Waals surface area contributed by atoms with Crippen LogP contribution in [0.3, 0.4) is 0 Å². The Morgan fingerprint density at radius 1 is 0.913 bits per heavy atom. The topological polar surface area (TPSA) is 78.1 Å². The fraction of sp³-hybridized carbons (Fsp3) is 0.0556. The van der Waals surface area contributed by atoms with Crippen molar-refractivity contribution in [1.82, 2.24) is 9.97 Å². The molecular weight excluding hydrogens is 290 g/mol. The van der Waals surface area contributed by atoms with E-state index in [2.05, 4.69) is 9.97 Å². The summed E-state index contributed by atoms with van der Waals surface area (Å²) in [5.41, 5.74) is 7.08. The quantitative estimate of drug-likeness (QED) is 0.786. The molecule has 3 rings (SSSR count). The SMILES string of the molecule is NC(=O)c1nccnc1Cc1ccc(Oc2ccccc2)cc1. The van der Waals surface area contributed by atoms with E-state index in [0.29, 0.717) is 12.1 Å². The maximum atomic E-state index is 11.4. The zero-order valence-electron chi connectivity index (χ0n) is 12.3. The molecule has 0 aliphatic carbocycles. The van der Waals surface area contributed by atoms with E-state index in [0.717, 1.165) is 17.1 Å². The van der Waals surface area contributed by atoms with Crippen LogP contribution in [0, 0.1) is 0 Å². The van der Waals surface area contributed by atoms with Gasteiger partial charge < -0.3 is 10.5 Å². The highest BCUT2D eigenvalue weighted by Crippen LogP contribution is 2.22. The predicted octanol–water partition coefficient (Wildman–Crippen LogP) is 2.96. The van der Waals surface area contributed by atoms with E-state index in [1.54, 1.807) is 6.20 Å². The summed E-state index contributed by atoms with van der Waals surface area (Å²) in [4.78, 5) is 19.5. The number of nitrogens with zero attached hydrogens (tertiary/aromatic N) is 2. The first-order valence-corrected chi connectivity index (χ1v) is 7.14. The summed E-state index contributed by atoms with van der Waals surface area (Å²) in [6, 6.07) is 17.2. The van der Waals surface area contributed by atoms with Crippen LogP contribution in [0.15, 0.2) is 67.0 Å². The summed E-state index contributed by atoms with van der Waals surface area (Å²) in [7, 11) is 0. The molecule has 1 aromatic heterocycles. The largest absolute Gasteiger partial charge is 0.457 e. The number of para-hydroxylation sites is 1. The molecular formula is C18H15N3O2. The Hall–Kier alpha value is -3.21. The molecule has 0 bridgehead atoms. The van der Waals surface area contributed by atoms with Crippen LogP contribution in [0.2, 0.25) is 0 Å². The minimum Gasteiger partial charge on any atom is -0.457 e. The maximum absolute atomic E-state index is 11.4. The molecule has 114 valence electrons. The van der Waals surface area contributed by atoms with Crippen molar-refractivity contribution in [2.45, 2.75) is 6.42 Å². The lowest BCUT2D eigenvalue weighted by Crippen LogP contribution is -2.17. The highest BCUT2D eigenvalue weighted by atomic mass is 16.5. The van der Waals surface area contributed by atoms with Crippen LogP contribution in [-0.4, -0.2) is 15.9 Å². The molecule has 5 heteroatoms. The van der Waals surface area contributed by atoms with Crippen molar-refractivity contribution in [3.05, 3.63) is 83.9 Å². The third-order valence-electron chi connectivity index (χ3n) is 3.28. The second-order valence-electron chi connectivity index (χ2n) is 4.95. The first kappa shape index (κ1) is 14.7. The molecule has 3 aromatic rings. The summed E-state index contributed by atoms with van der Waals surface area (Å²) in [5, 5.41) is 0. The van der Waals surface area contributed by atoms with E-state index in [9.17, 15) is 4.79 Å². The molecule has 0 aliphatic rings. The van der Waals surface area contributed by atoms with Crippen molar-refractivity contribution < 1.29 is 9.53 Å². The number of primary amides is 1. The molecule has 5 nitrogen and oxygen atoms in total. The van der Waals surface area contributed by atoms with E-state index in [1.165, 1.54) is 6.20 Å². The van der Waals surface area contributed by atoms with Gasteiger partial charge in [-0.15, -0.1) is 0 Å². The summed E-state index contributed by atoms with van der Waals surface area (Å²) >= 11 is 0. The fourth-order valence-corrected chi connectivity index (χ4v) is 2.20. The molecule has 0 unspecified atom stereocenters. The van der Waals surface area contributed by atoms with E-state index < -0.39 is 5.91 Å². The number of carbonyl (C=O) groups excluding carboxylic acids is 1. The Bertz CT molecular complexity index is 802. The Labute approximate surface area is 133 Å². The first-order chi connectivity index (χ1) is 11.2. The molecule has 0 radical (unpaired) electrons. The zero-order valence-corrected chi connectivity index (χ0v) is 12.3. The Morgan fingerprint density at radius 3 is 2.26 bits per heavy atom. The summed E-state index contributed by atoms with van der Waals surface area (Å²) in [6.45, 7) is 0. The number of ether oxygens (including phenoxy) is 1. The monoisotopic (exact) mass is 305 g/mol. The Balaban J connectivity index is 1.74. The predicted molar refractivity (Wildman–Crippen MR) is 86.3 cm³/mol. The Kier molecular flexibility index (Phi) is 4.29. The molecule has 0 saturated heterocycles. The molecule has 1 heterocycles. The van der Waals surface area contributed by atoms with Crippen LogP contribution in [0.4, 0.5) is 0 Å². The highest BCUT2D eigenvalue weighted by molar-refractivity contribution is 5.91. The first-order valence-electron chi connectivity index (χ1n) is 7.14. The van der Waals surface area contributed by atoms with Crippen molar-refractivity contribution >= 4 is 5.91 Å². The Morgan fingerprint density at radius 2 is 1.57 bits per heavy atom. The van der Waals surface area contributed by atoms with Gasteiger partial charge in [0.25, 0.3) is 5.91 Å². The third kappa shape index (κ3) is 3.71. The van der Waals surface area contributed by atoms with Gasteiger partial charge in [0, 0.05) is 18.8 Å². The number of hydrogen-bond acceptors (Lipinski definition) is 4. The van der Waals surface area contributed by atoms with Crippen LogP contribution in [-0.2, 0) is 6.42 Å². The van der Waals surface area contributed by atoms with Gasteiger partial charge in [0.2, 0.25) is 0 Å². The van der Waals surface area contributed by atoms with Crippen molar-refractivity contribution in [2.75, 3.05) is 0 Å². The lowest BCUT2D eigenvalue weighted by molar-refractivity contribution is 0.0994. The number of amides is 1. The number of aromatic nitrogens is 2. The number of benzene rings is 2. The van der Waals surface area contributed by atoms with Crippen LogP contribution >= 0.6 is 0 Å². The standard InChI is InChI=1S/C18H15N3O2/c19-18(22)17-16(20-10-11-21-17)12-13-6-8-15(9-7-13)23-14-4-2-1-3-5-14/h1-11H,12H2,(H2,19,22). The smallest absolute Gasteiger partial charge is 0.269 e. The van der Waals surface area contributed by atoms with Crippen LogP contribution in [0.1, 0.15) is 21.7 Å². The molecule has 23 heavy (non-hydrogen) atoms. The molecule has 0 saturated carbocycles. The van der Waals surface area contributed by atoms with E-state index in [4.69, 9.17) is 10.5 Å². The zero-order chi connectivity index (χ0) is 16.1. The van der Waals surface area contributed by atoms with E-state index in [1.807, 2.05) is 54.6 Å². The van der Waals surface area contributed by atoms with Crippen LogP contribution < -0.4 is 10.5 Å². The lowest BCUT2D eigenvalue weighted by atomic mass is 10.1. The minimum atomic E-state index is -0.572. The second kappa shape index (κ2) is 6.70. The lowest BCUT2D eigenvalue weighted by Gasteiger charge is -2.07. The second-order valence-corrected chi connectivity index (χ2v) is 4.95. The van der Waals surface area contributed by atoms with Crippen molar-refractivity contribution in [1.29, 1.82) is 0 Å². The van der Waals surface area contributed by atoms with Gasteiger partial charge in [0.05, 0.1) is 5.69 Å². The molecule has 2 aromatic carbocycles. The van der Waals surface area contributed by atoms with Crippen molar-refractivity contribution in [3.8, 4) is 11.5 Å². The average Bonchev–Trinajstić information content (AvgIpc) is 2.58. The average molecular weight is 305 g/mol. The number of carbonyl (C=O) groups is 1.